The van der Waals surface area contributed by atoms with Crippen LogP contribution in [0.5, 0.6) is 5.75 Å². The minimum Gasteiger partial charge on any atom is -0.492 e. The van der Waals surface area contributed by atoms with Gasteiger partial charge in [-0.3, -0.25) is 4.79 Å². The van der Waals surface area contributed by atoms with Crippen molar-refractivity contribution in [1.29, 1.82) is 5.26 Å². The molecule has 0 unspecified atom stereocenters. The topological polar surface area (TPSA) is 82.3 Å². The normalized spacial score (nSPS) is 11.8. The summed E-state index contributed by atoms with van der Waals surface area (Å²) in [5.41, 5.74) is -0.862. The highest BCUT2D eigenvalue weighted by atomic mass is 16.5. The average Bonchev–Trinajstić information content (AvgIpc) is 2.44. The molecule has 0 aromatic heterocycles. The second-order valence-corrected chi connectivity index (χ2v) is 5.97. The molecule has 0 fully saturated rings. The van der Waals surface area contributed by atoms with Crippen molar-refractivity contribution in [3.63, 3.8) is 0 Å². The van der Waals surface area contributed by atoms with Gasteiger partial charge in [0, 0.05) is 12.1 Å². The number of benzene rings is 1. The molecule has 2 N–H and O–H groups in total. The first-order valence-electron chi connectivity index (χ1n) is 6.82. The molecule has 5 heteroatoms. The summed E-state index contributed by atoms with van der Waals surface area (Å²) in [6, 6.07) is 8.92. The van der Waals surface area contributed by atoms with Crippen LogP contribution >= 0.6 is 0 Å². The molecule has 0 heterocycles. The molecule has 0 spiro atoms. The minimum atomic E-state index is -0.887. The predicted molar refractivity (Wildman–Crippen MR) is 80.2 cm³/mol. The molecule has 0 aliphatic rings. The van der Waals surface area contributed by atoms with Crippen molar-refractivity contribution >= 4 is 5.97 Å². The number of carbonyl (C=O) groups is 1. The van der Waals surface area contributed by atoms with Gasteiger partial charge in [-0.15, -0.1) is 0 Å². The van der Waals surface area contributed by atoms with E-state index in [4.69, 9.17) is 10.00 Å². The van der Waals surface area contributed by atoms with Crippen LogP contribution in [0.25, 0.3) is 0 Å². The van der Waals surface area contributed by atoms with Gasteiger partial charge in [0.15, 0.2) is 0 Å². The summed E-state index contributed by atoms with van der Waals surface area (Å²) in [6.07, 6.45) is 0. The highest BCUT2D eigenvalue weighted by Crippen LogP contribution is 2.30. The molecule has 0 amide bonds. The van der Waals surface area contributed by atoms with Crippen molar-refractivity contribution in [3.05, 3.63) is 29.8 Å². The van der Waals surface area contributed by atoms with Gasteiger partial charge in [-0.2, -0.15) is 5.26 Å². The Morgan fingerprint density at radius 3 is 2.33 bits per heavy atom. The van der Waals surface area contributed by atoms with E-state index >= 15 is 0 Å². The first-order valence-corrected chi connectivity index (χ1v) is 6.82. The van der Waals surface area contributed by atoms with Gasteiger partial charge in [0.05, 0.1) is 17.0 Å². The molecule has 21 heavy (non-hydrogen) atoms. The van der Waals surface area contributed by atoms with Crippen LogP contribution in [-0.2, 0) is 4.79 Å². The van der Waals surface area contributed by atoms with Crippen molar-refractivity contribution < 1.29 is 14.6 Å². The molecule has 1 aromatic carbocycles. The van der Waals surface area contributed by atoms with E-state index in [1.807, 2.05) is 19.9 Å². The van der Waals surface area contributed by atoms with Gasteiger partial charge in [0.2, 0.25) is 0 Å². The fourth-order valence-electron chi connectivity index (χ4n) is 1.65. The largest absolute Gasteiger partial charge is 0.492 e. The van der Waals surface area contributed by atoms with Gasteiger partial charge < -0.3 is 15.2 Å². The van der Waals surface area contributed by atoms with Crippen LogP contribution in [0.1, 0.15) is 33.3 Å². The second-order valence-electron chi connectivity index (χ2n) is 5.97. The lowest BCUT2D eigenvalue weighted by Crippen LogP contribution is -2.55. The zero-order valence-corrected chi connectivity index (χ0v) is 12.9. The molecule has 0 saturated carbocycles. The summed E-state index contributed by atoms with van der Waals surface area (Å²) in [4.78, 5) is 11.3. The maximum absolute atomic E-state index is 11.3. The first-order chi connectivity index (χ1) is 9.70. The summed E-state index contributed by atoms with van der Waals surface area (Å²) in [5.74, 6) is -0.154. The Labute approximate surface area is 125 Å². The molecular formula is C16H22N2O3. The van der Waals surface area contributed by atoms with Crippen molar-refractivity contribution in [2.75, 3.05) is 13.2 Å². The summed E-state index contributed by atoms with van der Waals surface area (Å²) >= 11 is 0. The summed E-state index contributed by atoms with van der Waals surface area (Å²) in [6.45, 7) is 8.08. The van der Waals surface area contributed by atoms with Crippen LogP contribution in [-0.4, -0.2) is 29.8 Å². The van der Waals surface area contributed by atoms with E-state index in [2.05, 4.69) is 5.32 Å². The van der Waals surface area contributed by atoms with Crippen LogP contribution in [0.2, 0.25) is 0 Å². The van der Waals surface area contributed by atoms with Crippen molar-refractivity contribution in [3.8, 4) is 11.8 Å². The highest BCUT2D eigenvalue weighted by Gasteiger charge is 2.42. The van der Waals surface area contributed by atoms with Crippen LogP contribution in [0, 0.1) is 16.7 Å². The van der Waals surface area contributed by atoms with E-state index in [0.29, 0.717) is 24.5 Å². The summed E-state index contributed by atoms with van der Waals surface area (Å²) in [5, 5.41) is 21.2. The standard InChI is InChI=1S/C16H22N2O3/c1-15(2,14(19)20)16(3,4)18-9-10-21-13-7-5-12(11-17)6-8-13/h5-8,18H,9-10H2,1-4H3,(H,19,20). The molecule has 5 nitrogen and oxygen atoms in total. The fourth-order valence-corrected chi connectivity index (χ4v) is 1.65. The smallest absolute Gasteiger partial charge is 0.310 e. The monoisotopic (exact) mass is 290 g/mol. The van der Waals surface area contributed by atoms with Gasteiger partial charge in [-0.25, -0.2) is 0 Å². The van der Waals surface area contributed by atoms with Gasteiger partial charge >= 0.3 is 5.97 Å². The van der Waals surface area contributed by atoms with E-state index in [1.54, 1.807) is 38.1 Å². The van der Waals surface area contributed by atoms with E-state index < -0.39 is 16.9 Å². The molecule has 1 rings (SSSR count). The van der Waals surface area contributed by atoms with Gasteiger partial charge in [-0.05, 0) is 52.0 Å². The SMILES string of the molecule is CC(C)(NCCOc1ccc(C#N)cc1)C(C)(C)C(=O)O. The zero-order chi connectivity index (χ0) is 16.1. The average molecular weight is 290 g/mol. The van der Waals surface area contributed by atoms with Crippen LogP contribution in [0.15, 0.2) is 24.3 Å². The Kier molecular flexibility index (Phi) is 5.34. The van der Waals surface area contributed by atoms with Crippen LogP contribution < -0.4 is 10.1 Å². The Morgan fingerprint density at radius 1 is 1.29 bits per heavy atom. The molecule has 0 saturated heterocycles. The molecular weight excluding hydrogens is 268 g/mol. The number of nitriles is 1. The number of carboxylic acid groups (broad SMARTS) is 1. The first kappa shape index (κ1) is 17.0. The third-order valence-electron chi connectivity index (χ3n) is 4.02. The lowest BCUT2D eigenvalue weighted by molar-refractivity contribution is -0.151. The number of carboxylic acids is 1. The Bertz CT molecular complexity index is 527. The lowest BCUT2D eigenvalue weighted by Gasteiger charge is -2.39. The summed E-state index contributed by atoms with van der Waals surface area (Å²) in [7, 11) is 0. The molecule has 0 aliphatic carbocycles. The Morgan fingerprint density at radius 2 is 1.86 bits per heavy atom. The van der Waals surface area contributed by atoms with Crippen LogP contribution in [0.3, 0.4) is 0 Å². The van der Waals surface area contributed by atoms with Crippen LogP contribution in [0.4, 0.5) is 0 Å². The van der Waals surface area contributed by atoms with E-state index in [1.165, 1.54) is 0 Å². The number of nitrogens with zero attached hydrogens (tertiary/aromatic N) is 1. The van der Waals surface area contributed by atoms with E-state index in [9.17, 15) is 9.90 Å². The second kappa shape index (κ2) is 6.59. The molecule has 1 aromatic rings. The zero-order valence-electron chi connectivity index (χ0n) is 12.9. The fraction of sp³-hybridized carbons (Fsp3) is 0.500. The maximum Gasteiger partial charge on any atom is 0.310 e. The Hall–Kier alpha value is -2.06. The van der Waals surface area contributed by atoms with Gasteiger partial charge in [0.25, 0.3) is 0 Å². The quantitative estimate of drug-likeness (QED) is 0.754. The number of hydrogen-bond acceptors (Lipinski definition) is 4. The number of rotatable bonds is 7. The Balaban J connectivity index is 2.46. The number of hydrogen-bond donors (Lipinski definition) is 2. The lowest BCUT2D eigenvalue weighted by atomic mass is 9.74. The molecule has 114 valence electrons. The molecule has 0 atom stereocenters. The van der Waals surface area contributed by atoms with Gasteiger partial charge in [0.1, 0.15) is 12.4 Å². The minimum absolute atomic E-state index is 0.422. The van der Waals surface area contributed by atoms with E-state index in [-0.39, 0.29) is 0 Å². The maximum atomic E-state index is 11.3. The van der Waals surface area contributed by atoms with Crippen molar-refractivity contribution in [1.82, 2.24) is 5.32 Å². The molecule has 0 bridgehead atoms. The third-order valence-corrected chi connectivity index (χ3v) is 4.02. The predicted octanol–water partition coefficient (Wildman–Crippen LogP) is 2.42. The highest BCUT2D eigenvalue weighted by molar-refractivity contribution is 5.75. The van der Waals surface area contributed by atoms with Gasteiger partial charge in [-0.1, -0.05) is 0 Å². The van der Waals surface area contributed by atoms with Crippen molar-refractivity contribution in [2.24, 2.45) is 5.41 Å². The number of ether oxygens (including phenoxy) is 1. The molecule has 0 aliphatic heterocycles. The van der Waals surface area contributed by atoms with E-state index in [0.717, 1.165) is 0 Å². The molecule has 0 radical (unpaired) electrons. The van der Waals surface area contributed by atoms with Crippen molar-refractivity contribution in [2.45, 2.75) is 33.2 Å². The number of aliphatic carboxylic acids is 1. The summed E-state index contributed by atoms with van der Waals surface area (Å²) < 4.78 is 5.55. The third kappa shape index (κ3) is 4.20. The number of nitrogens with one attached hydrogen (secondary N) is 1.